The lowest BCUT2D eigenvalue weighted by Gasteiger charge is -2.16. The van der Waals surface area contributed by atoms with Crippen molar-refractivity contribution in [2.24, 2.45) is 0 Å². The number of esters is 1. The van der Waals surface area contributed by atoms with E-state index in [2.05, 4.69) is 6.92 Å². The van der Waals surface area contributed by atoms with E-state index < -0.39 is 24.8 Å². The van der Waals surface area contributed by atoms with E-state index in [1.54, 1.807) is 0 Å². The number of carbonyl (C=O) groups is 1. The van der Waals surface area contributed by atoms with Crippen molar-refractivity contribution in [3.8, 4) is 0 Å². The normalized spacial score (nSPS) is 17.2. The molecule has 0 aliphatic carbocycles. The van der Waals surface area contributed by atoms with Crippen molar-refractivity contribution in [2.75, 3.05) is 20.3 Å². The molecule has 0 radical (unpaired) electrons. The molecule has 6 heteroatoms. The Hall–Kier alpha value is -1.27. The van der Waals surface area contributed by atoms with E-state index in [9.17, 15) is 9.90 Å². The van der Waals surface area contributed by atoms with Gasteiger partial charge in [0.1, 0.15) is 6.10 Å². The van der Waals surface area contributed by atoms with E-state index >= 15 is 0 Å². The Morgan fingerprint density at radius 3 is 1.71 bits per heavy atom. The molecule has 182 valence electrons. The largest absolute Gasteiger partial charge is 0.493 e. The zero-order valence-electron chi connectivity index (χ0n) is 19.9. The van der Waals surface area contributed by atoms with Crippen molar-refractivity contribution in [2.45, 2.75) is 122 Å². The first-order valence-electron chi connectivity index (χ1n) is 12.6. The summed E-state index contributed by atoms with van der Waals surface area (Å²) in [5.74, 6) is -0.477. The molecule has 2 unspecified atom stereocenters. The third-order valence-electron chi connectivity index (χ3n) is 5.90. The molecular weight excluding hydrogens is 396 g/mol. The maximum absolute atomic E-state index is 11.9. The van der Waals surface area contributed by atoms with Gasteiger partial charge in [0.2, 0.25) is 5.76 Å². The Morgan fingerprint density at radius 1 is 0.839 bits per heavy atom. The van der Waals surface area contributed by atoms with Gasteiger partial charge in [0.15, 0.2) is 11.9 Å². The fraction of sp³-hybridized carbons (Fsp3) is 0.880. The van der Waals surface area contributed by atoms with Crippen LogP contribution in [0.3, 0.4) is 0 Å². The number of hydrogen-bond donors (Lipinski definition) is 2. The average Bonchev–Trinajstić information content (AvgIpc) is 3.10. The number of aliphatic hydroxyl groups is 2. The van der Waals surface area contributed by atoms with E-state index in [0.29, 0.717) is 6.61 Å². The minimum Gasteiger partial charge on any atom is -0.493 e. The first kappa shape index (κ1) is 27.8. The summed E-state index contributed by atoms with van der Waals surface area (Å²) in [5.41, 5.74) is 0. The van der Waals surface area contributed by atoms with Crippen LogP contribution in [-0.4, -0.2) is 48.7 Å². The van der Waals surface area contributed by atoms with Gasteiger partial charge in [0.25, 0.3) is 0 Å². The van der Waals surface area contributed by atoms with Gasteiger partial charge in [-0.3, -0.25) is 0 Å². The second-order valence-corrected chi connectivity index (χ2v) is 8.63. The van der Waals surface area contributed by atoms with Crippen LogP contribution in [-0.2, 0) is 19.0 Å². The van der Waals surface area contributed by atoms with Crippen LogP contribution in [0, 0.1) is 0 Å². The topological polar surface area (TPSA) is 85.2 Å². The highest BCUT2D eigenvalue weighted by Crippen LogP contribution is 2.27. The molecule has 1 aliphatic heterocycles. The van der Waals surface area contributed by atoms with Crippen LogP contribution in [0.25, 0.3) is 0 Å². The van der Waals surface area contributed by atoms with E-state index in [4.69, 9.17) is 19.3 Å². The number of carbonyl (C=O) groups excluding carboxylic acids is 1. The number of unbranched alkanes of at least 4 members (excludes halogenated alkanes) is 15. The zero-order chi connectivity index (χ0) is 22.7. The van der Waals surface area contributed by atoms with Crippen LogP contribution < -0.4 is 0 Å². The molecule has 0 fully saturated rings. The van der Waals surface area contributed by atoms with Gasteiger partial charge in [-0.05, 0) is 6.42 Å². The molecule has 0 spiro atoms. The third-order valence-corrected chi connectivity index (χ3v) is 5.90. The van der Waals surface area contributed by atoms with Gasteiger partial charge in [-0.1, -0.05) is 103 Å². The Balaban J connectivity index is 1.95. The predicted molar refractivity (Wildman–Crippen MR) is 123 cm³/mol. The minimum absolute atomic E-state index is 0.0148. The van der Waals surface area contributed by atoms with Gasteiger partial charge in [0.05, 0.1) is 20.3 Å². The highest BCUT2D eigenvalue weighted by Gasteiger charge is 2.41. The molecule has 0 aromatic heterocycles. The summed E-state index contributed by atoms with van der Waals surface area (Å²) in [4.78, 5) is 11.9. The van der Waals surface area contributed by atoms with Gasteiger partial charge < -0.3 is 24.4 Å². The average molecular weight is 443 g/mol. The fourth-order valence-corrected chi connectivity index (χ4v) is 3.96. The van der Waals surface area contributed by atoms with Crippen molar-refractivity contribution >= 4 is 5.97 Å². The van der Waals surface area contributed by atoms with Crippen LogP contribution in [0.15, 0.2) is 11.5 Å². The second-order valence-electron chi connectivity index (χ2n) is 8.63. The number of aliphatic hydroxyl groups excluding tert-OH is 2. The number of ether oxygens (including phenoxy) is 3. The molecule has 1 heterocycles. The van der Waals surface area contributed by atoms with Crippen LogP contribution >= 0.6 is 0 Å². The van der Waals surface area contributed by atoms with E-state index in [1.165, 1.54) is 97.0 Å². The smallest absolute Gasteiger partial charge is 0.378 e. The summed E-state index contributed by atoms with van der Waals surface area (Å²) in [6.07, 6.45) is 18.7. The zero-order valence-corrected chi connectivity index (χ0v) is 19.9. The van der Waals surface area contributed by atoms with Crippen molar-refractivity contribution in [3.05, 3.63) is 11.5 Å². The maximum atomic E-state index is 11.9. The Labute approximate surface area is 189 Å². The maximum Gasteiger partial charge on any atom is 0.378 e. The molecule has 6 nitrogen and oxygen atoms in total. The lowest BCUT2D eigenvalue weighted by molar-refractivity contribution is -0.148. The van der Waals surface area contributed by atoms with Gasteiger partial charge in [0, 0.05) is 0 Å². The molecule has 0 aromatic rings. The summed E-state index contributed by atoms with van der Waals surface area (Å²) >= 11 is 0. The van der Waals surface area contributed by atoms with Gasteiger partial charge in [-0.15, -0.1) is 0 Å². The molecule has 2 atom stereocenters. The first-order chi connectivity index (χ1) is 15.2. The van der Waals surface area contributed by atoms with Crippen LogP contribution in [0.5, 0.6) is 0 Å². The molecule has 0 saturated heterocycles. The van der Waals surface area contributed by atoms with Crippen LogP contribution in [0.4, 0.5) is 0 Å². The number of hydrogen-bond acceptors (Lipinski definition) is 6. The van der Waals surface area contributed by atoms with Crippen LogP contribution in [0.2, 0.25) is 0 Å². The van der Waals surface area contributed by atoms with E-state index in [-0.39, 0.29) is 11.5 Å². The summed E-state index contributed by atoms with van der Waals surface area (Å²) in [5, 5.41) is 18.8. The quantitative estimate of drug-likeness (QED) is 0.183. The Morgan fingerprint density at radius 2 is 1.29 bits per heavy atom. The SMILES string of the molecule is CCCCCCCCCCCCCCCCCCOC1=C(OC)C(C(O)CO)OC1=O. The minimum atomic E-state index is -1.21. The lowest BCUT2D eigenvalue weighted by Crippen LogP contribution is -2.32. The monoisotopic (exact) mass is 442 g/mol. The van der Waals surface area contributed by atoms with Crippen LogP contribution in [0.1, 0.15) is 110 Å². The van der Waals surface area contributed by atoms with E-state index in [1.807, 2.05) is 0 Å². The molecule has 0 aromatic carbocycles. The fourth-order valence-electron chi connectivity index (χ4n) is 3.96. The highest BCUT2D eigenvalue weighted by atomic mass is 16.6. The molecule has 0 bridgehead atoms. The van der Waals surface area contributed by atoms with Crippen molar-refractivity contribution in [1.82, 2.24) is 0 Å². The molecular formula is C25H46O6. The molecule has 0 saturated carbocycles. The Kier molecular flexibility index (Phi) is 16.4. The molecule has 2 N–H and O–H groups in total. The summed E-state index contributed by atoms with van der Waals surface area (Å²) in [6.45, 7) is 2.16. The first-order valence-corrected chi connectivity index (χ1v) is 12.6. The van der Waals surface area contributed by atoms with Crippen molar-refractivity contribution < 1.29 is 29.2 Å². The predicted octanol–water partition coefficient (Wildman–Crippen LogP) is 5.40. The summed E-state index contributed by atoms with van der Waals surface area (Å²) in [7, 11) is 1.40. The molecule has 1 aliphatic rings. The molecule has 0 amide bonds. The standard InChI is InChI=1S/C25H46O6/c1-3-4-5-6-7-8-9-10-11-12-13-14-15-16-17-18-19-30-24-23(29-2)22(21(27)20-26)31-25(24)28/h21-22,26-27H,3-20H2,1-2H3. The van der Waals surface area contributed by atoms with Gasteiger partial charge >= 0.3 is 5.97 Å². The number of rotatable bonds is 21. The van der Waals surface area contributed by atoms with Gasteiger partial charge in [-0.2, -0.15) is 0 Å². The summed E-state index contributed by atoms with van der Waals surface area (Å²) in [6, 6.07) is 0. The highest BCUT2D eigenvalue weighted by molar-refractivity contribution is 5.89. The molecule has 31 heavy (non-hydrogen) atoms. The number of cyclic esters (lactones) is 1. The van der Waals surface area contributed by atoms with Crippen molar-refractivity contribution in [3.63, 3.8) is 0 Å². The second kappa shape index (κ2) is 18.3. The lowest BCUT2D eigenvalue weighted by atomic mass is 10.0. The summed E-state index contributed by atoms with van der Waals surface area (Å²) < 4.78 is 15.7. The Bertz CT molecular complexity index is 490. The van der Waals surface area contributed by atoms with E-state index in [0.717, 1.165) is 12.8 Å². The third kappa shape index (κ3) is 11.8. The number of methoxy groups -OCH3 is 1. The van der Waals surface area contributed by atoms with Gasteiger partial charge in [-0.25, -0.2) is 4.79 Å². The molecule has 1 rings (SSSR count). The van der Waals surface area contributed by atoms with Crippen molar-refractivity contribution in [1.29, 1.82) is 0 Å².